The molecular weight excluding hydrogens is 322 g/mol. The van der Waals surface area contributed by atoms with Gasteiger partial charge in [-0.3, -0.25) is 9.69 Å². The Morgan fingerprint density at radius 1 is 1.24 bits per heavy atom. The van der Waals surface area contributed by atoms with E-state index in [0.717, 1.165) is 50.3 Å². The topological polar surface area (TPSA) is 83.8 Å². The summed E-state index contributed by atoms with van der Waals surface area (Å²) in [7, 11) is 0. The van der Waals surface area contributed by atoms with Crippen LogP contribution in [0.1, 0.15) is 5.56 Å². The maximum absolute atomic E-state index is 12.0. The third kappa shape index (κ3) is 4.88. The molecule has 0 unspecified atom stereocenters. The van der Waals surface area contributed by atoms with Gasteiger partial charge >= 0.3 is 5.63 Å². The zero-order chi connectivity index (χ0) is 17.6. The first-order valence-electron chi connectivity index (χ1n) is 8.47. The van der Waals surface area contributed by atoms with Crippen molar-refractivity contribution < 1.29 is 13.9 Å². The van der Waals surface area contributed by atoms with Gasteiger partial charge in [-0.25, -0.2) is 4.79 Å². The molecular formula is C18H23N3O4. The van der Waals surface area contributed by atoms with Gasteiger partial charge in [-0.1, -0.05) is 0 Å². The molecule has 3 rings (SSSR count). The van der Waals surface area contributed by atoms with Gasteiger partial charge in [0.2, 0.25) is 5.91 Å². The largest absolute Gasteiger partial charge is 0.423 e. The number of carbonyl (C=O) groups is 1. The average molecular weight is 345 g/mol. The molecule has 7 nitrogen and oxygen atoms in total. The third-order valence-corrected chi connectivity index (χ3v) is 4.23. The Balaban J connectivity index is 1.49. The number of benzene rings is 1. The van der Waals surface area contributed by atoms with E-state index in [4.69, 9.17) is 9.15 Å². The molecule has 1 saturated heterocycles. The summed E-state index contributed by atoms with van der Waals surface area (Å²) in [6.07, 6.45) is 0. The van der Waals surface area contributed by atoms with Crippen LogP contribution in [0.2, 0.25) is 0 Å². The number of fused-ring (bicyclic) bond motifs is 1. The van der Waals surface area contributed by atoms with Crippen molar-refractivity contribution in [3.63, 3.8) is 0 Å². The van der Waals surface area contributed by atoms with Gasteiger partial charge in [-0.05, 0) is 24.6 Å². The molecule has 1 aliphatic heterocycles. The standard InChI is InChI=1S/C18H23N3O4/c1-13-10-18(23)25-16-11-14(2-3-15(13)16)20-17(22)12-19-4-5-21-6-8-24-9-7-21/h2-3,10-11,19H,4-9,12H2,1H3,(H,20,22). The molecule has 1 aromatic heterocycles. The number of rotatable bonds is 6. The highest BCUT2D eigenvalue weighted by atomic mass is 16.5. The molecule has 2 N–H and O–H groups in total. The number of morpholine rings is 1. The van der Waals surface area contributed by atoms with E-state index in [1.54, 1.807) is 12.1 Å². The smallest absolute Gasteiger partial charge is 0.336 e. The minimum absolute atomic E-state index is 0.128. The summed E-state index contributed by atoms with van der Waals surface area (Å²) < 4.78 is 10.5. The summed E-state index contributed by atoms with van der Waals surface area (Å²) in [5.41, 5.74) is 1.55. The predicted molar refractivity (Wildman–Crippen MR) is 96.0 cm³/mol. The monoisotopic (exact) mass is 345 g/mol. The van der Waals surface area contributed by atoms with Gasteiger partial charge in [-0.15, -0.1) is 0 Å². The SMILES string of the molecule is Cc1cc(=O)oc2cc(NC(=O)CNCCN3CCOCC3)ccc12. The number of hydrogen-bond acceptors (Lipinski definition) is 6. The van der Waals surface area contributed by atoms with E-state index in [9.17, 15) is 9.59 Å². The average Bonchev–Trinajstić information content (AvgIpc) is 2.59. The van der Waals surface area contributed by atoms with Crippen molar-refractivity contribution in [2.24, 2.45) is 0 Å². The van der Waals surface area contributed by atoms with E-state index in [0.29, 0.717) is 11.3 Å². The minimum atomic E-state index is -0.391. The summed E-state index contributed by atoms with van der Waals surface area (Å²) in [5, 5.41) is 6.82. The highest BCUT2D eigenvalue weighted by Gasteiger charge is 2.10. The second kappa shape index (κ2) is 8.24. The Morgan fingerprint density at radius 2 is 2.04 bits per heavy atom. The molecule has 1 aliphatic rings. The highest BCUT2D eigenvalue weighted by Crippen LogP contribution is 2.20. The zero-order valence-electron chi connectivity index (χ0n) is 14.3. The van der Waals surface area contributed by atoms with Crippen LogP contribution in [-0.4, -0.2) is 56.7 Å². The van der Waals surface area contributed by atoms with Crippen LogP contribution in [0, 0.1) is 6.92 Å². The molecule has 7 heteroatoms. The Bertz CT molecular complexity index is 796. The number of nitrogens with zero attached hydrogens (tertiary/aromatic N) is 1. The Morgan fingerprint density at radius 3 is 2.84 bits per heavy atom. The van der Waals surface area contributed by atoms with Gasteiger partial charge in [0.1, 0.15) is 5.58 Å². The lowest BCUT2D eigenvalue weighted by Crippen LogP contribution is -2.41. The first-order valence-corrected chi connectivity index (χ1v) is 8.47. The molecule has 2 heterocycles. The van der Waals surface area contributed by atoms with Crippen molar-refractivity contribution in [3.05, 3.63) is 40.2 Å². The molecule has 25 heavy (non-hydrogen) atoms. The highest BCUT2D eigenvalue weighted by molar-refractivity contribution is 5.94. The van der Waals surface area contributed by atoms with E-state index in [1.807, 2.05) is 13.0 Å². The molecule has 2 aromatic rings. The van der Waals surface area contributed by atoms with Crippen molar-refractivity contribution in [1.29, 1.82) is 0 Å². The normalized spacial score (nSPS) is 15.4. The van der Waals surface area contributed by atoms with Crippen LogP contribution in [0.25, 0.3) is 11.0 Å². The fourth-order valence-corrected chi connectivity index (χ4v) is 2.87. The molecule has 134 valence electrons. The van der Waals surface area contributed by atoms with E-state index in [1.165, 1.54) is 6.07 Å². The molecule has 0 spiro atoms. The van der Waals surface area contributed by atoms with Gasteiger partial charge in [0.15, 0.2) is 0 Å². The molecule has 1 fully saturated rings. The van der Waals surface area contributed by atoms with Gasteiger partial charge in [0.25, 0.3) is 0 Å². The minimum Gasteiger partial charge on any atom is -0.423 e. The third-order valence-electron chi connectivity index (χ3n) is 4.23. The molecule has 0 aliphatic carbocycles. The molecule has 0 bridgehead atoms. The van der Waals surface area contributed by atoms with Crippen molar-refractivity contribution in [2.75, 3.05) is 51.3 Å². The Labute approximate surface area is 145 Å². The van der Waals surface area contributed by atoms with Crippen LogP contribution < -0.4 is 16.3 Å². The number of hydrogen-bond donors (Lipinski definition) is 2. The molecule has 0 saturated carbocycles. The summed E-state index contributed by atoms with van der Waals surface area (Å²) in [6.45, 7) is 7.17. The molecule has 1 aromatic carbocycles. The first-order chi connectivity index (χ1) is 12.1. The molecule has 0 atom stereocenters. The maximum Gasteiger partial charge on any atom is 0.336 e. The van der Waals surface area contributed by atoms with Crippen LogP contribution in [-0.2, 0) is 9.53 Å². The fourth-order valence-electron chi connectivity index (χ4n) is 2.87. The van der Waals surface area contributed by atoms with E-state index in [2.05, 4.69) is 15.5 Å². The summed E-state index contributed by atoms with van der Waals surface area (Å²) in [6, 6.07) is 6.78. The number of ether oxygens (including phenoxy) is 1. The van der Waals surface area contributed by atoms with Gasteiger partial charge in [-0.2, -0.15) is 0 Å². The maximum atomic E-state index is 12.0. The summed E-state index contributed by atoms with van der Waals surface area (Å²) in [4.78, 5) is 25.8. The van der Waals surface area contributed by atoms with E-state index < -0.39 is 5.63 Å². The quantitative estimate of drug-likeness (QED) is 0.599. The number of nitrogens with one attached hydrogen (secondary N) is 2. The van der Waals surface area contributed by atoms with Gasteiger partial charge in [0.05, 0.1) is 19.8 Å². The van der Waals surface area contributed by atoms with Crippen LogP contribution >= 0.6 is 0 Å². The predicted octanol–water partition coefficient (Wildman–Crippen LogP) is 0.962. The van der Waals surface area contributed by atoms with E-state index >= 15 is 0 Å². The number of aryl methyl sites for hydroxylation is 1. The Hall–Kier alpha value is -2.22. The van der Waals surface area contributed by atoms with Crippen LogP contribution in [0.4, 0.5) is 5.69 Å². The fraction of sp³-hybridized carbons (Fsp3) is 0.444. The van der Waals surface area contributed by atoms with Gasteiger partial charge in [0, 0.05) is 49.4 Å². The van der Waals surface area contributed by atoms with Crippen molar-refractivity contribution in [3.8, 4) is 0 Å². The summed E-state index contributed by atoms with van der Waals surface area (Å²) in [5.74, 6) is -0.128. The molecule has 0 radical (unpaired) electrons. The van der Waals surface area contributed by atoms with Crippen molar-refractivity contribution in [1.82, 2.24) is 10.2 Å². The first kappa shape index (κ1) is 17.6. The number of amides is 1. The lowest BCUT2D eigenvalue weighted by atomic mass is 10.1. The van der Waals surface area contributed by atoms with E-state index in [-0.39, 0.29) is 12.5 Å². The second-order valence-corrected chi connectivity index (χ2v) is 6.14. The van der Waals surface area contributed by atoms with Crippen molar-refractivity contribution in [2.45, 2.75) is 6.92 Å². The van der Waals surface area contributed by atoms with Crippen LogP contribution in [0.15, 0.2) is 33.5 Å². The van der Waals surface area contributed by atoms with Crippen molar-refractivity contribution >= 4 is 22.6 Å². The lowest BCUT2D eigenvalue weighted by molar-refractivity contribution is -0.115. The zero-order valence-corrected chi connectivity index (χ0v) is 14.3. The summed E-state index contributed by atoms with van der Waals surface area (Å²) >= 11 is 0. The van der Waals surface area contributed by atoms with Crippen LogP contribution in [0.5, 0.6) is 0 Å². The Kier molecular flexibility index (Phi) is 5.80. The number of carbonyl (C=O) groups excluding carboxylic acids is 1. The molecule has 1 amide bonds. The van der Waals surface area contributed by atoms with Gasteiger partial charge < -0.3 is 19.8 Å². The second-order valence-electron chi connectivity index (χ2n) is 6.14. The number of anilines is 1. The lowest BCUT2D eigenvalue weighted by Gasteiger charge is -2.26. The van der Waals surface area contributed by atoms with Crippen LogP contribution in [0.3, 0.4) is 0 Å².